The maximum Gasteiger partial charge on any atom is 0.256 e. The second kappa shape index (κ2) is 9.94. The molecule has 164 valence electrons. The Kier molecular flexibility index (Phi) is 6.83. The van der Waals surface area contributed by atoms with Gasteiger partial charge in [0.15, 0.2) is 0 Å². The quantitative estimate of drug-likeness (QED) is 0.317. The lowest BCUT2D eigenvalue weighted by Gasteiger charge is -2.24. The van der Waals surface area contributed by atoms with E-state index in [9.17, 15) is 4.79 Å². The van der Waals surface area contributed by atoms with Crippen molar-refractivity contribution in [2.24, 2.45) is 0 Å². The van der Waals surface area contributed by atoms with E-state index in [0.29, 0.717) is 34.5 Å². The molecule has 32 heavy (non-hydrogen) atoms. The van der Waals surface area contributed by atoms with Gasteiger partial charge in [-0.1, -0.05) is 23.7 Å². The third-order valence-electron chi connectivity index (χ3n) is 5.06. The van der Waals surface area contributed by atoms with Crippen LogP contribution in [-0.4, -0.2) is 29.6 Å². The van der Waals surface area contributed by atoms with Crippen molar-refractivity contribution in [3.8, 4) is 17.2 Å². The van der Waals surface area contributed by atoms with E-state index >= 15 is 0 Å². The van der Waals surface area contributed by atoms with Gasteiger partial charge in [0.1, 0.15) is 11.5 Å². The fourth-order valence-corrected chi connectivity index (χ4v) is 4.65. The molecular formula is C25H23ClN2O3S. The van der Waals surface area contributed by atoms with Gasteiger partial charge in [-0.25, -0.2) is 0 Å². The van der Waals surface area contributed by atoms with Gasteiger partial charge in [-0.15, -0.1) is 11.3 Å². The van der Waals surface area contributed by atoms with Gasteiger partial charge in [0.05, 0.1) is 36.4 Å². The van der Waals surface area contributed by atoms with Gasteiger partial charge in [-0.3, -0.25) is 4.79 Å². The number of aromatic nitrogens is 1. The highest BCUT2D eigenvalue weighted by atomic mass is 35.5. The zero-order valence-electron chi connectivity index (χ0n) is 17.8. The number of methoxy groups -OCH3 is 2. The van der Waals surface area contributed by atoms with Crippen molar-refractivity contribution >= 4 is 28.8 Å². The molecule has 5 nitrogen and oxygen atoms in total. The van der Waals surface area contributed by atoms with Crippen LogP contribution in [0.3, 0.4) is 0 Å². The lowest BCUT2D eigenvalue weighted by molar-refractivity contribution is 0.0731. The van der Waals surface area contributed by atoms with Crippen LogP contribution in [0.4, 0.5) is 0 Å². The largest absolute Gasteiger partial charge is 0.497 e. The molecule has 0 radical (unpaired) electrons. The number of hydrogen-bond donors (Lipinski definition) is 0. The predicted molar refractivity (Wildman–Crippen MR) is 128 cm³/mol. The Morgan fingerprint density at radius 2 is 1.62 bits per heavy atom. The van der Waals surface area contributed by atoms with Crippen LogP contribution in [0.5, 0.6) is 11.5 Å². The number of halogens is 1. The average Bonchev–Trinajstić information content (AvgIpc) is 3.50. The second-order valence-corrected chi connectivity index (χ2v) is 9.00. The van der Waals surface area contributed by atoms with E-state index < -0.39 is 0 Å². The molecule has 1 amide bonds. The summed E-state index contributed by atoms with van der Waals surface area (Å²) in [6.07, 6.45) is 3.87. The standard InChI is InChI=1S/C25H23ClN2O3S/c1-30-19-13-18(14-20(15-19)31-2)16-28(17-21-9-10-24(26)32-21)25(29)22-7-3-4-8-23(22)27-11-5-6-12-27/h3-15H,16-17H2,1-2H3. The van der Waals surface area contributed by atoms with Crippen LogP contribution in [0, 0.1) is 0 Å². The Morgan fingerprint density at radius 3 is 2.25 bits per heavy atom. The molecule has 0 bridgehead atoms. The maximum absolute atomic E-state index is 13.8. The fourth-order valence-electron chi connectivity index (χ4n) is 3.55. The number of carbonyl (C=O) groups excluding carboxylic acids is 1. The Morgan fingerprint density at radius 1 is 0.938 bits per heavy atom. The van der Waals surface area contributed by atoms with Gasteiger partial charge >= 0.3 is 0 Å². The minimum Gasteiger partial charge on any atom is -0.497 e. The molecule has 2 aromatic heterocycles. The summed E-state index contributed by atoms with van der Waals surface area (Å²) < 4.78 is 13.5. The Balaban J connectivity index is 1.71. The molecule has 4 aromatic rings. The number of para-hydroxylation sites is 1. The van der Waals surface area contributed by atoms with E-state index in [4.69, 9.17) is 21.1 Å². The molecule has 7 heteroatoms. The molecule has 0 N–H and O–H groups in total. The number of ether oxygens (including phenoxy) is 2. The second-order valence-electron chi connectivity index (χ2n) is 7.20. The first-order valence-electron chi connectivity index (χ1n) is 10.0. The first-order valence-corrected chi connectivity index (χ1v) is 11.2. The zero-order valence-corrected chi connectivity index (χ0v) is 19.4. The average molecular weight is 467 g/mol. The monoisotopic (exact) mass is 466 g/mol. The predicted octanol–water partition coefficient (Wildman–Crippen LogP) is 6.05. The Bertz CT molecular complexity index is 1180. The normalized spacial score (nSPS) is 10.7. The van der Waals surface area contributed by atoms with Crippen LogP contribution in [0.25, 0.3) is 5.69 Å². The molecule has 4 rings (SSSR count). The summed E-state index contributed by atoms with van der Waals surface area (Å²) in [5, 5.41) is 0. The van der Waals surface area contributed by atoms with E-state index in [1.165, 1.54) is 11.3 Å². The van der Waals surface area contributed by atoms with Crippen molar-refractivity contribution in [2.45, 2.75) is 13.1 Å². The number of amides is 1. The van der Waals surface area contributed by atoms with E-state index in [0.717, 1.165) is 16.1 Å². The fraction of sp³-hybridized carbons (Fsp3) is 0.160. The lowest BCUT2D eigenvalue weighted by atomic mass is 10.1. The van der Waals surface area contributed by atoms with Crippen LogP contribution in [0.15, 0.2) is 79.1 Å². The van der Waals surface area contributed by atoms with Crippen molar-refractivity contribution in [3.63, 3.8) is 0 Å². The molecule has 2 heterocycles. The SMILES string of the molecule is COc1cc(CN(Cc2ccc(Cl)s2)C(=O)c2ccccc2-n2cccc2)cc(OC)c1. The first kappa shape index (κ1) is 22.0. The Hall–Kier alpha value is -3.22. The zero-order chi connectivity index (χ0) is 22.5. The highest BCUT2D eigenvalue weighted by Crippen LogP contribution is 2.28. The number of nitrogens with zero attached hydrogens (tertiary/aromatic N) is 2. The maximum atomic E-state index is 13.8. The van der Waals surface area contributed by atoms with Crippen molar-refractivity contribution in [2.75, 3.05) is 14.2 Å². The number of rotatable bonds is 8. The van der Waals surface area contributed by atoms with E-state index in [-0.39, 0.29) is 5.91 Å². The summed E-state index contributed by atoms with van der Waals surface area (Å²) in [4.78, 5) is 16.6. The summed E-state index contributed by atoms with van der Waals surface area (Å²) >= 11 is 7.62. The van der Waals surface area contributed by atoms with Crippen LogP contribution < -0.4 is 9.47 Å². The molecule has 0 saturated carbocycles. The number of hydrogen-bond acceptors (Lipinski definition) is 4. The molecule has 0 unspecified atom stereocenters. The number of thiophene rings is 1. The number of benzene rings is 2. The summed E-state index contributed by atoms with van der Waals surface area (Å²) in [5.41, 5.74) is 2.37. The highest BCUT2D eigenvalue weighted by Gasteiger charge is 2.21. The van der Waals surface area contributed by atoms with Crippen molar-refractivity contribution in [1.29, 1.82) is 0 Å². The third kappa shape index (κ3) is 4.98. The van der Waals surface area contributed by atoms with Crippen LogP contribution in [0.1, 0.15) is 20.8 Å². The molecule has 0 aliphatic heterocycles. The van der Waals surface area contributed by atoms with Gasteiger partial charge < -0.3 is 18.9 Å². The van der Waals surface area contributed by atoms with E-state index in [2.05, 4.69) is 0 Å². The summed E-state index contributed by atoms with van der Waals surface area (Å²) in [5.74, 6) is 1.29. The summed E-state index contributed by atoms with van der Waals surface area (Å²) in [6.45, 7) is 0.831. The topological polar surface area (TPSA) is 43.7 Å². The third-order valence-corrected chi connectivity index (χ3v) is 6.28. The van der Waals surface area contributed by atoms with Crippen molar-refractivity contribution in [3.05, 3.63) is 99.5 Å². The summed E-state index contributed by atoms with van der Waals surface area (Å²) in [6, 6.07) is 21.0. The van der Waals surface area contributed by atoms with Crippen molar-refractivity contribution in [1.82, 2.24) is 9.47 Å². The molecule has 0 fully saturated rings. The Labute approximate surface area is 196 Å². The minimum atomic E-state index is -0.0689. The highest BCUT2D eigenvalue weighted by molar-refractivity contribution is 7.16. The van der Waals surface area contributed by atoms with E-state index in [1.807, 2.05) is 88.6 Å². The minimum absolute atomic E-state index is 0.0689. The van der Waals surface area contributed by atoms with Gasteiger partial charge in [0.2, 0.25) is 0 Å². The molecule has 0 aliphatic carbocycles. The first-order chi connectivity index (χ1) is 15.6. The summed E-state index contributed by atoms with van der Waals surface area (Å²) in [7, 11) is 3.23. The molecule has 0 spiro atoms. The van der Waals surface area contributed by atoms with Crippen molar-refractivity contribution < 1.29 is 14.3 Å². The van der Waals surface area contributed by atoms with Gasteiger partial charge in [0.25, 0.3) is 5.91 Å². The van der Waals surface area contributed by atoms with E-state index in [1.54, 1.807) is 14.2 Å². The van der Waals surface area contributed by atoms with Crippen LogP contribution in [-0.2, 0) is 13.1 Å². The van der Waals surface area contributed by atoms with Crippen LogP contribution >= 0.6 is 22.9 Å². The molecule has 0 atom stereocenters. The van der Waals surface area contributed by atoms with Crippen LogP contribution in [0.2, 0.25) is 4.34 Å². The molecule has 0 saturated heterocycles. The van der Waals surface area contributed by atoms with Gasteiger partial charge in [0, 0.05) is 29.9 Å². The van der Waals surface area contributed by atoms with Gasteiger partial charge in [-0.2, -0.15) is 0 Å². The van der Waals surface area contributed by atoms with Gasteiger partial charge in [-0.05, 0) is 54.1 Å². The molecule has 2 aromatic carbocycles. The molecule has 0 aliphatic rings. The lowest BCUT2D eigenvalue weighted by Crippen LogP contribution is -2.30. The number of carbonyl (C=O) groups is 1. The molecular weight excluding hydrogens is 444 g/mol. The smallest absolute Gasteiger partial charge is 0.256 e.